The van der Waals surface area contributed by atoms with Gasteiger partial charge in [0.1, 0.15) is 5.75 Å². The summed E-state index contributed by atoms with van der Waals surface area (Å²) < 4.78 is 0. The predicted molar refractivity (Wildman–Crippen MR) is 89.6 cm³/mol. The Morgan fingerprint density at radius 1 is 1.09 bits per heavy atom. The van der Waals surface area contributed by atoms with E-state index in [2.05, 4.69) is 10.3 Å². The highest BCUT2D eigenvalue weighted by atomic mass is 16.4. The molecule has 0 bridgehead atoms. The molecule has 0 aliphatic carbocycles. The van der Waals surface area contributed by atoms with Gasteiger partial charge in [-0.3, -0.25) is 4.98 Å². The molecule has 1 aromatic heterocycles. The number of aromatic nitrogens is 1. The molecule has 3 rings (SSSR count). The smallest absolute Gasteiger partial charge is 0.337 e. The third-order valence-corrected chi connectivity index (χ3v) is 3.62. The number of hydrogen-bond acceptors (Lipinski definition) is 4. The number of carbonyl (C=O) groups is 1. The summed E-state index contributed by atoms with van der Waals surface area (Å²) in [6, 6.07) is 12.1. The Bertz CT molecular complexity index is 920. The van der Waals surface area contributed by atoms with Crippen molar-refractivity contribution in [2.75, 3.05) is 5.32 Å². The quantitative estimate of drug-likeness (QED) is 0.637. The van der Waals surface area contributed by atoms with Crippen LogP contribution in [0.5, 0.6) is 5.75 Å². The molecule has 0 fully saturated rings. The number of benzene rings is 2. The summed E-state index contributed by atoms with van der Waals surface area (Å²) in [5, 5.41) is 23.2. The van der Waals surface area contributed by atoms with Gasteiger partial charge >= 0.3 is 5.97 Å². The first-order chi connectivity index (χ1) is 11.0. The van der Waals surface area contributed by atoms with E-state index in [1.165, 1.54) is 6.07 Å². The molecule has 1 heterocycles. The van der Waals surface area contributed by atoms with Crippen LogP contribution in [0.15, 0.2) is 42.5 Å². The molecule has 0 aliphatic heterocycles. The van der Waals surface area contributed by atoms with Gasteiger partial charge < -0.3 is 15.5 Å². The zero-order valence-corrected chi connectivity index (χ0v) is 12.8. The number of pyridine rings is 1. The normalized spacial score (nSPS) is 10.7. The number of rotatable bonds is 3. The Morgan fingerprint density at radius 2 is 1.87 bits per heavy atom. The molecule has 0 radical (unpaired) electrons. The highest BCUT2D eigenvalue weighted by molar-refractivity contribution is 6.06. The number of hydrogen-bond donors (Lipinski definition) is 3. The molecule has 2 aromatic carbocycles. The molecule has 0 unspecified atom stereocenters. The molecular formula is C18H16N2O3. The number of aryl methyl sites for hydroxylation is 2. The van der Waals surface area contributed by atoms with E-state index in [0.29, 0.717) is 28.0 Å². The van der Waals surface area contributed by atoms with E-state index in [1.54, 1.807) is 19.1 Å². The van der Waals surface area contributed by atoms with E-state index >= 15 is 0 Å². The number of fused-ring (bicyclic) bond motifs is 1. The molecule has 0 atom stereocenters. The van der Waals surface area contributed by atoms with Gasteiger partial charge in [0.05, 0.1) is 16.8 Å². The first-order valence-corrected chi connectivity index (χ1v) is 7.16. The highest BCUT2D eigenvalue weighted by Gasteiger charge is 2.13. The Balaban J connectivity index is 2.20. The zero-order chi connectivity index (χ0) is 16.6. The SMILES string of the molecule is Cc1ccc(O)c(Nc2cc(C)nc3c(C(=O)O)cccc23)c1. The molecule has 3 aromatic rings. The topological polar surface area (TPSA) is 82.5 Å². The van der Waals surface area contributed by atoms with Crippen molar-refractivity contribution in [3.63, 3.8) is 0 Å². The number of carboxylic acids is 1. The minimum Gasteiger partial charge on any atom is -0.506 e. The number of nitrogens with one attached hydrogen (secondary N) is 1. The number of phenolic OH excluding ortho intramolecular Hbond substituents is 1. The Morgan fingerprint density at radius 3 is 2.61 bits per heavy atom. The molecule has 116 valence electrons. The summed E-state index contributed by atoms with van der Waals surface area (Å²) in [5.74, 6) is -0.884. The standard InChI is InChI=1S/C18H16N2O3/c1-10-6-7-16(21)15(8-10)20-14-9-11(2)19-17-12(14)4-3-5-13(17)18(22)23/h3-9,21H,1-2H3,(H,19,20)(H,22,23). The lowest BCUT2D eigenvalue weighted by atomic mass is 10.1. The minimum absolute atomic E-state index is 0.132. The van der Waals surface area contributed by atoms with Gasteiger partial charge in [-0.15, -0.1) is 0 Å². The van der Waals surface area contributed by atoms with Crippen molar-refractivity contribution in [3.05, 3.63) is 59.3 Å². The summed E-state index contributed by atoms with van der Waals surface area (Å²) in [6.45, 7) is 3.74. The fraction of sp³-hybridized carbons (Fsp3) is 0.111. The maximum atomic E-state index is 11.4. The number of phenols is 1. The van der Waals surface area contributed by atoms with Gasteiger partial charge in [0.25, 0.3) is 0 Å². The predicted octanol–water partition coefficient (Wildman–Crippen LogP) is 4.00. The van der Waals surface area contributed by atoms with Crippen LogP contribution in [0, 0.1) is 13.8 Å². The van der Waals surface area contributed by atoms with Crippen LogP contribution in [0.25, 0.3) is 10.9 Å². The second-order valence-electron chi connectivity index (χ2n) is 5.46. The van der Waals surface area contributed by atoms with Gasteiger partial charge in [-0.2, -0.15) is 0 Å². The van der Waals surface area contributed by atoms with Crippen molar-refractivity contribution < 1.29 is 15.0 Å². The largest absolute Gasteiger partial charge is 0.506 e. The fourth-order valence-electron chi connectivity index (χ4n) is 2.55. The lowest BCUT2D eigenvalue weighted by molar-refractivity contribution is 0.0699. The summed E-state index contributed by atoms with van der Waals surface area (Å²) in [6.07, 6.45) is 0. The molecule has 0 saturated heterocycles. The summed E-state index contributed by atoms with van der Waals surface area (Å²) >= 11 is 0. The van der Waals surface area contributed by atoms with E-state index in [9.17, 15) is 15.0 Å². The van der Waals surface area contributed by atoms with E-state index < -0.39 is 5.97 Å². The molecule has 0 amide bonds. The molecule has 0 saturated carbocycles. The van der Waals surface area contributed by atoms with Crippen LogP contribution in [0.4, 0.5) is 11.4 Å². The molecule has 3 N–H and O–H groups in total. The Hall–Kier alpha value is -3.08. The first kappa shape index (κ1) is 14.8. The van der Waals surface area contributed by atoms with Crippen LogP contribution in [-0.4, -0.2) is 21.2 Å². The van der Waals surface area contributed by atoms with E-state index in [4.69, 9.17) is 0 Å². The molecule has 0 aliphatic rings. The van der Waals surface area contributed by atoms with Crippen molar-refractivity contribution in [2.24, 2.45) is 0 Å². The van der Waals surface area contributed by atoms with Crippen LogP contribution in [0.3, 0.4) is 0 Å². The van der Waals surface area contributed by atoms with Crippen LogP contribution >= 0.6 is 0 Å². The van der Waals surface area contributed by atoms with Crippen LogP contribution in [-0.2, 0) is 0 Å². The third-order valence-electron chi connectivity index (χ3n) is 3.62. The van der Waals surface area contributed by atoms with Crippen LogP contribution in [0.2, 0.25) is 0 Å². The fourth-order valence-corrected chi connectivity index (χ4v) is 2.55. The molecule has 0 spiro atoms. The number of carboxylic acid groups (broad SMARTS) is 1. The van der Waals surface area contributed by atoms with E-state index in [1.807, 2.05) is 31.2 Å². The van der Waals surface area contributed by atoms with Gasteiger partial charge in [-0.1, -0.05) is 18.2 Å². The number of aromatic hydroxyl groups is 1. The average molecular weight is 308 g/mol. The number of anilines is 2. The maximum Gasteiger partial charge on any atom is 0.337 e. The number of aromatic carboxylic acids is 1. The lowest BCUT2D eigenvalue weighted by Crippen LogP contribution is -2.02. The number of para-hydroxylation sites is 1. The van der Waals surface area contributed by atoms with Crippen molar-refractivity contribution in [1.29, 1.82) is 0 Å². The van der Waals surface area contributed by atoms with E-state index in [0.717, 1.165) is 5.56 Å². The first-order valence-electron chi connectivity index (χ1n) is 7.16. The minimum atomic E-state index is -1.02. The van der Waals surface area contributed by atoms with E-state index in [-0.39, 0.29) is 11.3 Å². The third kappa shape index (κ3) is 2.81. The summed E-state index contributed by atoms with van der Waals surface area (Å²) in [7, 11) is 0. The van der Waals surface area contributed by atoms with Gasteiger partial charge in [0, 0.05) is 16.8 Å². The van der Waals surface area contributed by atoms with Gasteiger partial charge in [0.2, 0.25) is 0 Å². The van der Waals surface area contributed by atoms with Gasteiger partial charge in [-0.05, 0) is 43.7 Å². The Kier molecular flexibility index (Phi) is 3.62. The second-order valence-corrected chi connectivity index (χ2v) is 5.46. The zero-order valence-electron chi connectivity index (χ0n) is 12.8. The lowest BCUT2D eigenvalue weighted by Gasteiger charge is -2.13. The van der Waals surface area contributed by atoms with Crippen LogP contribution in [0.1, 0.15) is 21.6 Å². The highest BCUT2D eigenvalue weighted by Crippen LogP contribution is 2.32. The molecular weight excluding hydrogens is 292 g/mol. The van der Waals surface area contributed by atoms with Crippen molar-refractivity contribution in [1.82, 2.24) is 4.98 Å². The molecule has 23 heavy (non-hydrogen) atoms. The second kappa shape index (κ2) is 5.61. The molecule has 5 heteroatoms. The van der Waals surface area contributed by atoms with Crippen LogP contribution < -0.4 is 5.32 Å². The monoisotopic (exact) mass is 308 g/mol. The summed E-state index contributed by atoms with van der Waals surface area (Å²) in [4.78, 5) is 15.7. The average Bonchev–Trinajstić information content (AvgIpc) is 2.50. The van der Waals surface area contributed by atoms with Gasteiger partial charge in [0.15, 0.2) is 0 Å². The Labute approximate surface area is 133 Å². The maximum absolute atomic E-state index is 11.4. The number of nitrogens with zero attached hydrogens (tertiary/aromatic N) is 1. The summed E-state index contributed by atoms with van der Waals surface area (Å²) in [5.41, 5.74) is 3.55. The molecule has 5 nitrogen and oxygen atoms in total. The van der Waals surface area contributed by atoms with Crippen molar-refractivity contribution in [3.8, 4) is 5.75 Å². The van der Waals surface area contributed by atoms with Crippen molar-refractivity contribution in [2.45, 2.75) is 13.8 Å². The van der Waals surface area contributed by atoms with Crippen molar-refractivity contribution >= 4 is 28.2 Å². The van der Waals surface area contributed by atoms with Gasteiger partial charge in [-0.25, -0.2) is 4.79 Å².